The third-order valence-corrected chi connectivity index (χ3v) is 7.62. The molecule has 2 N–H and O–H groups in total. The van der Waals surface area contributed by atoms with E-state index in [-0.39, 0.29) is 57.2 Å². The van der Waals surface area contributed by atoms with Gasteiger partial charge in [-0.1, -0.05) is 24.3 Å². The van der Waals surface area contributed by atoms with Gasteiger partial charge in [0, 0.05) is 19.3 Å². The molecule has 0 bridgehead atoms. The molecule has 184 valence electrons. The molecule has 0 saturated heterocycles. The van der Waals surface area contributed by atoms with Gasteiger partial charge in [0.15, 0.2) is 5.84 Å². The second kappa shape index (κ2) is 8.10. The number of amidine groups is 1. The van der Waals surface area contributed by atoms with E-state index in [0.29, 0.717) is 0 Å². The SMILES string of the molecule is O=C1c2ccccc2C(=O)N1CCn1c(=O)c(C2=NS(=O)(=O)c3ccccc3N2)c(O)c2cccnc21. The zero-order valence-electron chi connectivity index (χ0n) is 19.0. The lowest BCUT2D eigenvalue weighted by molar-refractivity contribution is 0.0649. The van der Waals surface area contributed by atoms with Gasteiger partial charge in [0.2, 0.25) is 0 Å². The van der Waals surface area contributed by atoms with Gasteiger partial charge in [0.1, 0.15) is 21.9 Å². The molecule has 0 saturated carbocycles. The van der Waals surface area contributed by atoms with Crippen molar-refractivity contribution in [2.75, 3.05) is 11.9 Å². The maximum Gasteiger partial charge on any atom is 0.286 e. The predicted molar refractivity (Wildman–Crippen MR) is 133 cm³/mol. The van der Waals surface area contributed by atoms with Crippen molar-refractivity contribution in [3.05, 3.63) is 93.9 Å². The molecule has 2 aromatic carbocycles. The Morgan fingerprint density at radius 1 is 0.865 bits per heavy atom. The largest absolute Gasteiger partial charge is 0.506 e. The van der Waals surface area contributed by atoms with Crippen molar-refractivity contribution in [2.24, 2.45) is 4.40 Å². The standard InChI is InChI=1S/C25H17N5O6S/c31-20-16-8-5-11-26-22(16)29(12-13-30-23(32)14-6-1-2-7-15(14)24(30)33)25(34)19(20)21-27-17-9-3-4-10-18(17)37(35,36)28-21/h1-11,31H,12-13H2,(H,27,28). The van der Waals surface area contributed by atoms with E-state index in [1.165, 1.54) is 29.0 Å². The summed E-state index contributed by atoms with van der Waals surface area (Å²) in [5.41, 5.74) is -0.306. The topological polar surface area (TPSA) is 151 Å². The van der Waals surface area contributed by atoms with Crippen LogP contribution >= 0.6 is 0 Å². The third-order valence-electron chi connectivity index (χ3n) is 6.28. The van der Waals surface area contributed by atoms with Crippen LogP contribution in [0.5, 0.6) is 5.75 Å². The number of rotatable bonds is 4. The summed E-state index contributed by atoms with van der Waals surface area (Å²) >= 11 is 0. The fourth-order valence-corrected chi connectivity index (χ4v) is 5.67. The number of nitrogens with one attached hydrogen (secondary N) is 1. The molecule has 4 aromatic rings. The van der Waals surface area contributed by atoms with Crippen molar-refractivity contribution in [3.63, 3.8) is 0 Å². The van der Waals surface area contributed by atoms with E-state index in [2.05, 4.69) is 14.7 Å². The van der Waals surface area contributed by atoms with E-state index >= 15 is 0 Å². The Hall–Kier alpha value is -4.84. The molecular weight excluding hydrogens is 498 g/mol. The number of para-hydroxylation sites is 1. The summed E-state index contributed by atoms with van der Waals surface area (Å²) in [6.07, 6.45) is 1.43. The smallest absolute Gasteiger partial charge is 0.286 e. The quantitative estimate of drug-likeness (QED) is 0.392. The van der Waals surface area contributed by atoms with E-state index in [1.54, 1.807) is 42.5 Å². The van der Waals surface area contributed by atoms with E-state index in [4.69, 9.17) is 0 Å². The van der Waals surface area contributed by atoms with E-state index in [0.717, 1.165) is 4.90 Å². The normalized spacial score (nSPS) is 15.8. The maximum atomic E-state index is 13.7. The van der Waals surface area contributed by atoms with Gasteiger partial charge in [-0.25, -0.2) is 4.98 Å². The highest BCUT2D eigenvalue weighted by Gasteiger charge is 2.35. The van der Waals surface area contributed by atoms with Gasteiger partial charge in [0.25, 0.3) is 27.4 Å². The molecule has 0 atom stereocenters. The number of nitrogens with zero attached hydrogens (tertiary/aromatic N) is 4. The van der Waals surface area contributed by atoms with Crippen LogP contribution < -0.4 is 10.9 Å². The summed E-state index contributed by atoms with van der Waals surface area (Å²) < 4.78 is 30.5. The Bertz CT molecular complexity index is 1830. The molecular formula is C25H17N5O6S. The van der Waals surface area contributed by atoms with Crippen molar-refractivity contribution < 1.29 is 23.1 Å². The van der Waals surface area contributed by atoms with Crippen molar-refractivity contribution in [1.82, 2.24) is 14.5 Å². The number of imide groups is 1. The highest BCUT2D eigenvalue weighted by molar-refractivity contribution is 7.90. The molecule has 0 fully saturated rings. The molecule has 2 amide bonds. The molecule has 11 nitrogen and oxygen atoms in total. The Kier molecular flexibility index (Phi) is 4.95. The molecule has 2 aromatic heterocycles. The summed E-state index contributed by atoms with van der Waals surface area (Å²) in [5.74, 6) is -1.80. The Balaban J connectivity index is 1.46. The second-order valence-electron chi connectivity index (χ2n) is 8.40. The molecule has 2 aliphatic rings. The average Bonchev–Trinajstić information content (AvgIpc) is 3.13. The molecule has 0 radical (unpaired) electrons. The van der Waals surface area contributed by atoms with Crippen LogP contribution in [0.1, 0.15) is 26.3 Å². The van der Waals surface area contributed by atoms with Gasteiger partial charge in [-0.3, -0.25) is 23.9 Å². The molecule has 2 aliphatic heterocycles. The lowest BCUT2D eigenvalue weighted by Gasteiger charge is -2.21. The van der Waals surface area contributed by atoms with Gasteiger partial charge in [-0.15, -0.1) is 4.40 Å². The van der Waals surface area contributed by atoms with Crippen LogP contribution in [0.2, 0.25) is 0 Å². The lowest BCUT2D eigenvalue weighted by Crippen LogP contribution is -2.37. The Morgan fingerprint density at radius 2 is 1.54 bits per heavy atom. The first kappa shape index (κ1) is 22.6. The number of aromatic nitrogens is 2. The summed E-state index contributed by atoms with van der Waals surface area (Å²) in [5, 5.41) is 14.0. The highest BCUT2D eigenvalue weighted by Crippen LogP contribution is 2.32. The number of aromatic hydroxyl groups is 1. The number of carbonyl (C=O) groups is 2. The first-order valence-electron chi connectivity index (χ1n) is 11.1. The van der Waals surface area contributed by atoms with Crippen LogP contribution in [0, 0.1) is 0 Å². The molecule has 12 heteroatoms. The number of hydrogen-bond acceptors (Lipinski definition) is 8. The number of pyridine rings is 2. The first-order valence-corrected chi connectivity index (χ1v) is 12.6. The second-order valence-corrected chi connectivity index (χ2v) is 9.97. The monoisotopic (exact) mass is 515 g/mol. The van der Waals surface area contributed by atoms with Crippen LogP contribution in [0.25, 0.3) is 11.0 Å². The van der Waals surface area contributed by atoms with Gasteiger partial charge >= 0.3 is 0 Å². The van der Waals surface area contributed by atoms with Crippen LogP contribution in [0.4, 0.5) is 5.69 Å². The number of sulfonamides is 1. The average molecular weight is 516 g/mol. The number of amides is 2. The number of benzene rings is 2. The third kappa shape index (κ3) is 3.41. The number of fused-ring (bicyclic) bond motifs is 3. The zero-order valence-corrected chi connectivity index (χ0v) is 19.8. The maximum absolute atomic E-state index is 13.7. The predicted octanol–water partition coefficient (Wildman–Crippen LogP) is 1.96. The fraction of sp³-hybridized carbons (Fsp3) is 0.0800. The van der Waals surface area contributed by atoms with E-state index in [1.807, 2.05) is 0 Å². The Labute approximate surface area is 209 Å². The van der Waals surface area contributed by atoms with Crippen molar-refractivity contribution in [2.45, 2.75) is 11.4 Å². The van der Waals surface area contributed by atoms with Crippen LogP contribution in [0.3, 0.4) is 0 Å². The minimum absolute atomic E-state index is 0.0633. The van der Waals surface area contributed by atoms with Gasteiger partial charge in [0.05, 0.1) is 22.2 Å². The molecule has 0 unspecified atom stereocenters. The van der Waals surface area contributed by atoms with Gasteiger partial charge in [-0.05, 0) is 36.4 Å². The molecule has 6 rings (SSSR count). The molecule has 4 heterocycles. The Morgan fingerprint density at radius 3 is 2.27 bits per heavy atom. The minimum atomic E-state index is -4.16. The van der Waals surface area contributed by atoms with Crippen LogP contribution in [-0.4, -0.2) is 52.2 Å². The minimum Gasteiger partial charge on any atom is -0.506 e. The number of carbonyl (C=O) groups excluding carboxylic acids is 2. The van der Waals surface area contributed by atoms with Gasteiger partial charge < -0.3 is 10.4 Å². The highest BCUT2D eigenvalue weighted by atomic mass is 32.2. The molecule has 0 spiro atoms. The van der Waals surface area contributed by atoms with E-state index < -0.39 is 33.1 Å². The summed E-state index contributed by atoms with van der Waals surface area (Å²) in [4.78, 5) is 44.5. The summed E-state index contributed by atoms with van der Waals surface area (Å²) in [6, 6.07) is 15.6. The van der Waals surface area contributed by atoms with Crippen LogP contribution in [0.15, 0.2) is 80.9 Å². The van der Waals surface area contributed by atoms with E-state index in [9.17, 15) is 27.9 Å². The van der Waals surface area contributed by atoms with Crippen molar-refractivity contribution >= 4 is 44.4 Å². The lowest BCUT2D eigenvalue weighted by atomic mass is 10.1. The summed E-state index contributed by atoms with van der Waals surface area (Å²) in [7, 11) is -4.16. The molecule has 37 heavy (non-hydrogen) atoms. The number of anilines is 1. The zero-order chi connectivity index (χ0) is 25.9. The van der Waals surface area contributed by atoms with Crippen molar-refractivity contribution in [1.29, 1.82) is 0 Å². The summed E-state index contributed by atoms with van der Waals surface area (Å²) in [6.45, 7) is -0.301. The number of hydrogen-bond donors (Lipinski definition) is 2. The molecule has 0 aliphatic carbocycles. The van der Waals surface area contributed by atoms with Gasteiger partial charge in [-0.2, -0.15) is 8.42 Å². The fourth-order valence-electron chi connectivity index (χ4n) is 4.55. The van der Waals surface area contributed by atoms with Crippen molar-refractivity contribution in [3.8, 4) is 5.75 Å². The first-order chi connectivity index (χ1) is 17.8. The van der Waals surface area contributed by atoms with Crippen LogP contribution in [-0.2, 0) is 16.6 Å².